The molecule has 1 aliphatic heterocycles. The first-order chi connectivity index (χ1) is 12.6. The lowest BCUT2D eigenvalue weighted by atomic mass is 9.89. The SMILES string of the molecule is NC[C@@H]1CN(S(=O)(=O)c2cccc3ncccc23)C[C@H]1c1ccccc1. The van der Waals surface area contributed by atoms with Gasteiger partial charge in [-0.1, -0.05) is 36.4 Å². The summed E-state index contributed by atoms with van der Waals surface area (Å²) in [5.74, 6) is 0.226. The number of pyridine rings is 1. The predicted octanol–water partition coefficient (Wildman–Crippen LogP) is 2.60. The fourth-order valence-electron chi connectivity index (χ4n) is 3.78. The maximum Gasteiger partial charge on any atom is 0.243 e. The molecular weight excluding hydrogens is 346 g/mol. The van der Waals surface area contributed by atoms with Crippen molar-refractivity contribution < 1.29 is 8.42 Å². The van der Waals surface area contributed by atoms with Gasteiger partial charge in [0.2, 0.25) is 10.0 Å². The summed E-state index contributed by atoms with van der Waals surface area (Å²) >= 11 is 0. The smallest absolute Gasteiger partial charge is 0.243 e. The van der Waals surface area contributed by atoms with Crippen LogP contribution < -0.4 is 5.73 Å². The number of aromatic nitrogens is 1. The molecule has 0 aliphatic carbocycles. The first kappa shape index (κ1) is 17.1. The molecule has 0 saturated carbocycles. The fourth-order valence-corrected chi connectivity index (χ4v) is 5.51. The number of nitrogens with two attached hydrogens (primary N) is 1. The van der Waals surface area contributed by atoms with Gasteiger partial charge in [-0.15, -0.1) is 0 Å². The minimum atomic E-state index is -3.61. The molecule has 6 heteroatoms. The highest BCUT2D eigenvalue weighted by molar-refractivity contribution is 7.89. The largest absolute Gasteiger partial charge is 0.330 e. The lowest BCUT2D eigenvalue weighted by Crippen LogP contribution is -2.30. The van der Waals surface area contributed by atoms with E-state index >= 15 is 0 Å². The number of sulfonamides is 1. The van der Waals surface area contributed by atoms with Crippen molar-refractivity contribution in [1.82, 2.24) is 9.29 Å². The molecule has 5 nitrogen and oxygen atoms in total. The Hall–Kier alpha value is -2.28. The van der Waals surface area contributed by atoms with Crippen molar-refractivity contribution in [3.8, 4) is 0 Å². The first-order valence-electron chi connectivity index (χ1n) is 8.70. The van der Waals surface area contributed by atoms with Gasteiger partial charge in [-0.2, -0.15) is 4.31 Å². The third-order valence-corrected chi connectivity index (χ3v) is 7.05. The van der Waals surface area contributed by atoms with E-state index in [0.717, 1.165) is 5.56 Å². The number of benzene rings is 2. The van der Waals surface area contributed by atoms with Crippen LogP contribution in [0.15, 0.2) is 71.8 Å². The zero-order valence-electron chi connectivity index (χ0n) is 14.3. The summed E-state index contributed by atoms with van der Waals surface area (Å²) in [6.45, 7) is 1.35. The molecule has 0 amide bonds. The summed E-state index contributed by atoms with van der Waals surface area (Å²) in [5.41, 5.74) is 7.79. The van der Waals surface area contributed by atoms with Crippen LogP contribution in [0.25, 0.3) is 10.9 Å². The van der Waals surface area contributed by atoms with Gasteiger partial charge in [-0.25, -0.2) is 8.42 Å². The predicted molar refractivity (Wildman–Crippen MR) is 102 cm³/mol. The van der Waals surface area contributed by atoms with Crippen LogP contribution >= 0.6 is 0 Å². The molecule has 3 aromatic rings. The molecule has 2 heterocycles. The minimum Gasteiger partial charge on any atom is -0.330 e. The van der Waals surface area contributed by atoms with Gasteiger partial charge in [0, 0.05) is 30.6 Å². The van der Waals surface area contributed by atoms with Crippen LogP contribution in [0.3, 0.4) is 0 Å². The lowest BCUT2D eigenvalue weighted by molar-refractivity contribution is 0.459. The van der Waals surface area contributed by atoms with Gasteiger partial charge < -0.3 is 5.73 Å². The van der Waals surface area contributed by atoms with Gasteiger partial charge in [0.1, 0.15) is 0 Å². The second kappa shape index (κ2) is 6.79. The summed E-state index contributed by atoms with van der Waals surface area (Å²) in [5, 5.41) is 0.655. The average Bonchev–Trinajstić information content (AvgIpc) is 3.13. The highest BCUT2D eigenvalue weighted by Crippen LogP contribution is 2.36. The van der Waals surface area contributed by atoms with Crippen molar-refractivity contribution in [1.29, 1.82) is 0 Å². The van der Waals surface area contributed by atoms with Crippen molar-refractivity contribution in [3.63, 3.8) is 0 Å². The van der Waals surface area contributed by atoms with Crippen molar-refractivity contribution in [2.75, 3.05) is 19.6 Å². The molecule has 26 heavy (non-hydrogen) atoms. The average molecular weight is 367 g/mol. The highest BCUT2D eigenvalue weighted by atomic mass is 32.2. The van der Waals surface area contributed by atoms with E-state index in [1.54, 1.807) is 34.8 Å². The van der Waals surface area contributed by atoms with Crippen LogP contribution in [0.1, 0.15) is 11.5 Å². The van der Waals surface area contributed by atoms with Gasteiger partial charge in [0.05, 0.1) is 10.4 Å². The van der Waals surface area contributed by atoms with Crippen LogP contribution in [-0.2, 0) is 10.0 Å². The first-order valence-corrected chi connectivity index (χ1v) is 10.1. The normalized spacial score (nSPS) is 21.3. The third kappa shape index (κ3) is 2.90. The highest BCUT2D eigenvalue weighted by Gasteiger charge is 2.39. The van der Waals surface area contributed by atoms with Crippen molar-refractivity contribution in [2.24, 2.45) is 11.7 Å². The number of hydrogen-bond acceptors (Lipinski definition) is 4. The molecule has 0 spiro atoms. The van der Waals surface area contributed by atoms with E-state index in [4.69, 9.17) is 5.73 Å². The van der Waals surface area contributed by atoms with Gasteiger partial charge in [0.25, 0.3) is 0 Å². The van der Waals surface area contributed by atoms with Gasteiger partial charge in [-0.3, -0.25) is 4.98 Å². The summed E-state index contributed by atoms with van der Waals surface area (Å²) in [6, 6.07) is 18.8. The molecular formula is C20H21N3O2S. The van der Waals surface area contributed by atoms with E-state index in [-0.39, 0.29) is 11.8 Å². The maximum absolute atomic E-state index is 13.3. The fraction of sp³-hybridized carbons (Fsp3) is 0.250. The number of rotatable bonds is 4. The lowest BCUT2D eigenvalue weighted by Gasteiger charge is -2.18. The van der Waals surface area contributed by atoms with Crippen LogP contribution in [0.4, 0.5) is 0 Å². The summed E-state index contributed by atoms with van der Waals surface area (Å²) in [4.78, 5) is 4.59. The van der Waals surface area contributed by atoms with Gasteiger partial charge >= 0.3 is 0 Å². The Balaban J connectivity index is 1.72. The Morgan fingerprint density at radius 2 is 1.81 bits per heavy atom. The monoisotopic (exact) mass is 367 g/mol. The maximum atomic E-state index is 13.3. The second-order valence-corrected chi connectivity index (χ2v) is 8.57. The topological polar surface area (TPSA) is 76.3 Å². The molecule has 2 aromatic carbocycles. The number of fused-ring (bicyclic) bond motifs is 1. The summed E-state index contributed by atoms with van der Waals surface area (Å²) in [7, 11) is -3.61. The molecule has 1 fully saturated rings. The van der Waals surface area contributed by atoms with E-state index in [0.29, 0.717) is 35.4 Å². The van der Waals surface area contributed by atoms with E-state index in [1.165, 1.54) is 0 Å². The Morgan fingerprint density at radius 3 is 2.58 bits per heavy atom. The molecule has 4 rings (SSSR count). The molecule has 0 bridgehead atoms. The summed E-state index contributed by atoms with van der Waals surface area (Å²) in [6.07, 6.45) is 1.67. The summed E-state index contributed by atoms with van der Waals surface area (Å²) < 4.78 is 28.3. The molecule has 1 aliphatic rings. The van der Waals surface area contributed by atoms with Crippen LogP contribution in [-0.4, -0.2) is 37.3 Å². The van der Waals surface area contributed by atoms with Gasteiger partial charge in [0.15, 0.2) is 0 Å². The molecule has 0 unspecified atom stereocenters. The quantitative estimate of drug-likeness (QED) is 0.769. The Labute approximate surface area is 153 Å². The van der Waals surface area contributed by atoms with Crippen molar-refractivity contribution in [3.05, 3.63) is 72.4 Å². The van der Waals surface area contributed by atoms with Crippen LogP contribution in [0.2, 0.25) is 0 Å². The van der Waals surface area contributed by atoms with E-state index in [9.17, 15) is 8.42 Å². The van der Waals surface area contributed by atoms with E-state index in [1.807, 2.05) is 36.4 Å². The van der Waals surface area contributed by atoms with E-state index < -0.39 is 10.0 Å². The zero-order chi connectivity index (χ0) is 18.1. The molecule has 134 valence electrons. The second-order valence-electron chi connectivity index (χ2n) is 6.66. The molecule has 0 radical (unpaired) electrons. The van der Waals surface area contributed by atoms with Crippen molar-refractivity contribution in [2.45, 2.75) is 10.8 Å². The molecule has 1 aromatic heterocycles. The Kier molecular flexibility index (Phi) is 4.48. The third-order valence-electron chi connectivity index (χ3n) is 5.16. The Bertz CT molecular complexity index is 1020. The van der Waals surface area contributed by atoms with Crippen LogP contribution in [0.5, 0.6) is 0 Å². The minimum absolute atomic E-state index is 0.111. The Morgan fingerprint density at radius 1 is 1.00 bits per heavy atom. The van der Waals surface area contributed by atoms with E-state index in [2.05, 4.69) is 4.98 Å². The molecule has 2 atom stereocenters. The molecule has 2 N–H and O–H groups in total. The van der Waals surface area contributed by atoms with Crippen LogP contribution in [0, 0.1) is 5.92 Å². The number of hydrogen-bond donors (Lipinski definition) is 1. The van der Waals surface area contributed by atoms with Crippen molar-refractivity contribution >= 4 is 20.9 Å². The standard InChI is InChI=1S/C20H21N3O2S/c21-12-16-13-23(14-18(16)15-6-2-1-3-7-15)26(24,25)20-10-4-9-19-17(20)8-5-11-22-19/h1-11,16,18H,12-14,21H2/t16-,18+/m1/s1. The molecule has 1 saturated heterocycles. The zero-order valence-corrected chi connectivity index (χ0v) is 15.1. The van der Waals surface area contributed by atoms with Gasteiger partial charge in [-0.05, 0) is 42.3 Å². The number of nitrogens with zero attached hydrogens (tertiary/aromatic N) is 2.